The molecule has 2 rings (SSSR count). The zero-order chi connectivity index (χ0) is 11.4. The number of hydrogen-bond acceptors (Lipinski definition) is 3. The molecule has 1 saturated heterocycles. The smallest absolute Gasteiger partial charge is 0.321 e. The Kier molecular flexibility index (Phi) is 2.95. The number of urea groups is 1. The van der Waals surface area contributed by atoms with Gasteiger partial charge in [0.25, 0.3) is 5.91 Å². The Morgan fingerprint density at radius 3 is 2.69 bits per heavy atom. The molecule has 0 radical (unpaired) electrons. The molecule has 1 unspecified atom stereocenters. The van der Waals surface area contributed by atoms with E-state index in [2.05, 4.69) is 15.6 Å². The van der Waals surface area contributed by atoms with Crippen molar-refractivity contribution in [2.75, 3.05) is 6.54 Å². The Morgan fingerprint density at radius 1 is 1.25 bits per heavy atom. The monoisotopic (exact) mass is 217 g/mol. The lowest BCUT2D eigenvalue weighted by Gasteiger charge is -2.18. The molecule has 0 aliphatic carbocycles. The number of aliphatic imine (C=N–C) groups is 1. The normalized spacial score (nSPS) is 20.6. The van der Waals surface area contributed by atoms with Gasteiger partial charge in [0.2, 0.25) is 0 Å². The molecule has 1 aromatic carbocycles. The molecule has 0 spiro atoms. The highest BCUT2D eigenvalue weighted by Gasteiger charge is 2.24. The Labute approximate surface area is 92.6 Å². The van der Waals surface area contributed by atoms with Crippen LogP contribution in [0, 0.1) is 0 Å². The summed E-state index contributed by atoms with van der Waals surface area (Å²) in [6.45, 7) is 0.244. The van der Waals surface area contributed by atoms with Gasteiger partial charge in [-0.3, -0.25) is 15.1 Å². The van der Waals surface area contributed by atoms with Crippen LogP contribution in [0.1, 0.15) is 5.56 Å². The largest absolute Gasteiger partial charge is 0.335 e. The quantitative estimate of drug-likeness (QED) is 0.700. The zero-order valence-corrected chi connectivity index (χ0v) is 8.51. The second-order valence-corrected chi connectivity index (χ2v) is 3.40. The molecule has 0 bridgehead atoms. The molecular formula is C11H11N3O2. The number of nitrogens with one attached hydrogen (secondary N) is 2. The molecule has 3 amide bonds. The summed E-state index contributed by atoms with van der Waals surface area (Å²) in [7, 11) is 0. The molecule has 5 heteroatoms. The summed E-state index contributed by atoms with van der Waals surface area (Å²) in [4.78, 5) is 26.3. The van der Waals surface area contributed by atoms with Crippen molar-refractivity contribution in [3.63, 3.8) is 0 Å². The Bertz CT molecular complexity index is 428. The van der Waals surface area contributed by atoms with Crippen LogP contribution in [0.2, 0.25) is 0 Å². The Balaban J connectivity index is 2.02. The molecule has 1 aromatic rings. The molecule has 5 nitrogen and oxygen atoms in total. The van der Waals surface area contributed by atoms with Gasteiger partial charge < -0.3 is 5.32 Å². The molecule has 1 fully saturated rings. The van der Waals surface area contributed by atoms with E-state index >= 15 is 0 Å². The number of hydrogen-bond donors (Lipinski definition) is 2. The summed E-state index contributed by atoms with van der Waals surface area (Å²) in [6.07, 6.45) is 1.63. The first kappa shape index (κ1) is 10.4. The molecular weight excluding hydrogens is 206 g/mol. The molecule has 1 aliphatic heterocycles. The topological polar surface area (TPSA) is 70.6 Å². The summed E-state index contributed by atoms with van der Waals surface area (Å²) in [6, 6.07) is 8.47. The van der Waals surface area contributed by atoms with Crippen LogP contribution in [0.5, 0.6) is 0 Å². The highest BCUT2D eigenvalue weighted by atomic mass is 16.2. The summed E-state index contributed by atoms with van der Waals surface area (Å²) < 4.78 is 0. The predicted octanol–water partition coefficient (Wildman–Crippen LogP) is 0.313. The van der Waals surface area contributed by atoms with E-state index < -0.39 is 12.1 Å². The minimum absolute atomic E-state index is 0.244. The van der Waals surface area contributed by atoms with Crippen LogP contribution in [-0.2, 0) is 4.79 Å². The maximum Gasteiger partial charge on any atom is 0.321 e. The molecule has 1 atom stereocenters. The summed E-state index contributed by atoms with van der Waals surface area (Å²) in [5.74, 6) is -0.365. The zero-order valence-electron chi connectivity index (χ0n) is 8.51. The third-order valence-electron chi connectivity index (χ3n) is 2.20. The van der Waals surface area contributed by atoms with Gasteiger partial charge in [-0.2, -0.15) is 0 Å². The summed E-state index contributed by atoms with van der Waals surface area (Å²) >= 11 is 0. The van der Waals surface area contributed by atoms with E-state index in [1.165, 1.54) is 0 Å². The second kappa shape index (κ2) is 4.57. The number of carbonyl (C=O) groups excluding carboxylic acids is 2. The lowest BCUT2D eigenvalue weighted by Crippen LogP contribution is -2.54. The van der Waals surface area contributed by atoms with Crippen molar-refractivity contribution in [2.24, 2.45) is 4.99 Å². The van der Waals surface area contributed by atoms with Crippen LogP contribution in [0.15, 0.2) is 35.3 Å². The van der Waals surface area contributed by atoms with Crippen molar-refractivity contribution in [1.29, 1.82) is 0 Å². The van der Waals surface area contributed by atoms with E-state index in [1.54, 1.807) is 6.21 Å². The number of carbonyl (C=O) groups is 2. The van der Waals surface area contributed by atoms with Gasteiger partial charge >= 0.3 is 6.03 Å². The van der Waals surface area contributed by atoms with Gasteiger partial charge in [0.1, 0.15) is 6.04 Å². The predicted molar refractivity (Wildman–Crippen MR) is 59.4 cm³/mol. The number of benzene rings is 1. The van der Waals surface area contributed by atoms with Gasteiger partial charge in [-0.05, 0) is 5.56 Å². The third kappa shape index (κ3) is 2.44. The third-order valence-corrected chi connectivity index (χ3v) is 2.20. The van der Waals surface area contributed by atoms with E-state index in [9.17, 15) is 9.59 Å². The van der Waals surface area contributed by atoms with Crippen LogP contribution in [0.3, 0.4) is 0 Å². The van der Waals surface area contributed by atoms with Crippen LogP contribution in [-0.4, -0.2) is 30.7 Å². The van der Waals surface area contributed by atoms with Crippen molar-refractivity contribution >= 4 is 18.2 Å². The van der Waals surface area contributed by atoms with Gasteiger partial charge in [0.05, 0.1) is 6.54 Å². The number of nitrogens with zero attached hydrogens (tertiary/aromatic N) is 1. The minimum Gasteiger partial charge on any atom is -0.335 e. The first-order valence-corrected chi connectivity index (χ1v) is 4.92. The minimum atomic E-state index is -0.544. The van der Waals surface area contributed by atoms with Crippen molar-refractivity contribution < 1.29 is 9.59 Å². The first-order valence-electron chi connectivity index (χ1n) is 4.92. The fourth-order valence-electron chi connectivity index (χ4n) is 1.36. The first-order chi connectivity index (χ1) is 7.75. The second-order valence-electron chi connectivity index (χ2n) is 3.40. The Hall–Kier alpha value is -2.17. The van der Waals surface area contributed by atoms with Gasteiger partial charge in [-0.15, -0.1) is 0 Å². The average molecular weight is 217 g/mol. The molecule has 16 heavy (non-hydrogen) atoms. The summed E-state index contributed by atoms with van der Waals surface area (Å²) in [5, 5.41) is 4.68. The van der Waals surface area contributed by atoms with Crippen molar-refractivity contribution in [3.8, 4) is 0 Å². The maximum absolute atomic E-state index is 11.3. The van der Waals surface area contributed by atoms with Crippen molar-refractivity contribution in [2.45, 2.75) is 6.04 Å². The van der Waals surface area contributed by atoms with Crippen LogP contribution in [0.25, 0.3) is 0 Å². The van der Waals surface area contributed by atoms with Crippen molar-refractivity contribution in [3.05, 3.63) is 35.9 Å². The van der Waals surface area contributed by atoms with Gasteiger partial charge in [-0.25, -0.2) is 4.79 Å². The highest BCUT2D eigenvalue weighted by Crippen LogP contribution is 1.98. The van der Waals surface area contributed by atoms with E-state index in [-0.39, 0.29) is 12.5 Å². The van der Waals surface area contributed by atoms with E-state index in [0.717, 1.165) is 5.56 Å². The van der Waals surface area contributed by atoms with Crippen LogP contribution < -0.4 is 10.6 Å². The van der Waals surface area contributed by atoms with Crippen molar-refractivity contribution in [1.82, 2.24) is 10.6 Å². The van der Waals surface area contributed by atoms with Gasteiger partial charge in [0, 0.05) is 6.21 Å². The Morgan fingerprint density at radius 2 is 2.00 bits per heavy atom. The fraction of sp³-hybridized carbons (Fsp3) is 0.182. The molecule has 1 heterocycles. The highest BCUT2D eigenvalue weighted by molar-refractivity contribution is 6.00. The molecule has 1 aliphatic rings. The van der Waals surface area contributed by atoms with Crippen LogP contribution in [0.4, 0.5) is 4.79 Å². The standard InChI is InChI=1S/C11H11N3O2/c15-10-9(7-13-11(16)14-10)12-6-8-4-2-1-3-5-8/h1-6,9H,7H2,(H2,13,14,15,16). The SMILES string of the molecule is O=C1NCC(N=Cc2ccccc2)C(=O)N1. The molecule has 82 valence electrons. The van der Waals surface area contributed by atoms with E-state index in [4.69, 9.17) is 0 Å². The number of imide groups is 1. The molecule has 2 N–H and O–H groups in total. The van der Waals surface area contributed by atoms with E-state index in [1.807, 2.05) is 30.3 Å². The van der Waals surface area contributed by atoms with Gasteiger partial charge in [0.15, 0.2) is 0 Å². The number of rotatable bonds is 2. The van der Waals surface area contributed by atoms with Gasteiger partial charge in [-0.1, -0.05) is 30.3 Å². The lowest BCUT2D eigenvalue weighted by molar-refractivity contribution is -0.121. The number of amides is 3. The fourth-order valence-corrected chi connectivity index (χ4v) is 1.36. The molecule has 0 saturated carbocycles. The average Bonchev–Trinajstić information content (AvgIpc) is 2.29. The maximum atomic E-state index is 11.3. The van der Waals surface area contributed by atoms with E-state index in [0.29, 0.717) is 0 Å². The lowest BCUT2D eigenvalue weighted by atomic mass is 10.2. The summed E-state index contributed by atoms with van der Waals surface area (Å²) in [5.41, 5.74) is 0.923. The molecule has 0 aromatic heterocycles. The van der Waals surface area contributed by atoms with Crippen LogP contribution >= 0.6 is 0 Å².